The van der Waals surface area contributed by atoms with E-state index in [1.807, 2.05) is 48.5 Å². The quantitative estimate of drug-likeness (QED) is 0.465. The van der Waals surface area contributed by atoms with Gasteiger partial charge in [-0.1, -0.05) is 54.2 Å². The van der Waals surface area contributed by atoms with Crippen molar-refractivity contribution >= 4 is 40.3 Å². The van der Waals surface area contributed by atoms with Gasteiger partial charge in [0.2, 0.25) is 5.91 Å². The van der Waals surface area contributed by atoms with Crippen molar-refractivity contribution in [1.82, 2.24) is 10.2 Å². The Morgan fingerprint density at radius 2 is 1.84 bits per heavy atom. The van der Waals surface area contributed by atoms with Crippen LogP contribution in [-0.4, -0.2) is 40.9 Å². The van der Waals surface area contributed by atoms with Gasteiger partial charge in [0.15, 0.2) is 5.17 Å². The van der Waals surface area contributed by atoms with Crippen LogP contribution in [0.15, 0.2) is 82.8 Å². The van der Waals surface area contributed by atoms with Crippen molar-refractivity contribution in [2.45, 2.75) is 31.2 Å². The average Bonchev–Trinajstić information content (AvgIpc) is 3.27. The molecule has 0 aliphatic carbocycles. The number of benzene rings is 3. The Labute approximate surface area is 218 Å². The number of nitrogens with one attached hydrogen (secondary N) is 1. The first-order chi connectivity index (χ1) is 18.0. The molecule has 0 bridgehead atoms. The van der Waals surface area contributed by atoms with E-state index in [-0.39, 0.29) is 30.5 Å². The van der Waals surface area contributed by atoms with E-state index in [2.05, 4.69) is 10.3 Å². The lowest BCUT2D eigenvalue weighted by molar-refractivity contribution is -0.125. The number of ether oxygens (including phenoxy) is 1. The van der Waals surface area contributed by atoms with Crippen LogP contribution in [0.3, 0.4) is 0 Å². The van der Waals surface area contributed by atoms with Crippen molar-refractivity contribution < 1.29 is 18.7 Å². The van der Waals surface area contributed by atoms with Gasteiger partial charge in [0.25, 0.3) is 5.91 Å². The van der Waals surface area contributed by atoms with Crippen molar-refractivity contribution in [2.75, 3.05) is 7.11 Å². The molecule has 2 aliphatic rings. The number of thioether (sulfide) groups is 1. The topological polar surface area (TPSA) is 83.4 Å². The first-order valence-electron chi connectivity index (χ1n) is 11.9. The maximum atomic E-state index is 14.2. The molecule has 37 heavy (non-hydrogen) atoms. The third-order valence-corrected chi connectivity index (χ3v) is 7.14. The highest BCUT2D eigenvalue weighted by Gasteiger charge is 2.41. The van der Waals surface area contributed by atoms with E-state index in [0.29, 0.717) is 34.6 Å². The molecule has 0 saturated heterocycles. The lowest BCUT2D eigenvalue weighted by atomic mass is 10.1. The number of hydrogen-bond donors (Lipinski definition) is 1. The molecule has 2 heterocycles. The fourth-order valence-corrected chi connectivity index (χ4v) is 5.13. The summed E-state index contributed by atoms with van der Waals surface area (Å²) in [5.74, 6) is 0.914. The van der Waals surface area contributed by atoms with E-state index in [1.54, 1.807) is 25.3 Å². The van der Waals surface area contributed by atoms with Gasteiger partial charge in [0.05, 0.1) is 12.8 Å². The van der Waals surface area contributed by atoms with Crippen molar-refractivity contribution in [1.29, 1.82) is 0 Å². The van der Waals surface area contributed by atoms with Crippen LogP contribution in [0.1, 0.15) is 29.5 Å². The maximum Gasteiger partial charge on any atom is 0.259 e. The standard InChI is InChI=1S/C28H25FN4O3S/c1-36-20-12-10-18(11-13-20)16-30-25(34)15-14-24-27(35)33-26(31-24)21-7-3-5-9-23(21)32-28(33)37-17-19-6-2-4-8-22(19)29/h2-13,24H,14-17H2,1H3,(H,30,34)/t24-/m0/s1. The molecule has 5 rings (SSSR count). The van der Waals surface area contributed by atoms with Gasteiger partial charge in [-0.2, -0.15) is 0 Å². The van der Waals surface area contributed by atoms with Crippen LogP contribution < -0.4 is 10.1 Å². The van der Waals surface area contributed by atoms with Crippen LogP contribution in [0.25, 0.3) is 0 Å². The zero-order chi connectivity index (χ0) is 25.8. The highest BCUT2D eigenvalue weighted by molar-refractivity contribution is 8.13. The number of aliphatic imine (C=N–C) groups is 2. The number of amidine groups is 2. The second kappa shape index (κ2) is 11.0. The lowest BCUT2D eigenvalue weighted by Gasteiger charge is -2.25. The van der Waals surface area contributed by atoms with Crippen LogP contribution in [0, 0.1) is 5.82 Å². The number of fused-ring (bicyclic) bond motifs is 3. The van der Waals surface area contributed by atoms with E-state index >= 15 is 0 Å². The van der Waals surface area contributed by atoms with Crippen LogP contribution >= 0.6 is 11.8 Å². The van der Waals surface area contributed by atoms with Gasteiger partial charge < -0.3 is 10.1 Å². The summed E-state index contributed by atoms with van der Waals surface area (Å²) in [7, 11) is 1.60. The van der Waals surface area contributed by atoms with Crippen molar-refractivity contribution in [3.8, 4) is 5.75 Å². The molecule has 1 N–H and O–H groups in total. The normalized spacial score (nSPS) is 16.0. The number of nitrogens with zero attached hydrogens (tertiary/aromatic N) is 3. The fraction of sp³-hybridized carbons (Fsp3) is 0.214. The summed E-state index contributed by atoms with van der Waals surface area (Å²) in [5.41, 5.74) is 2.95. The zero-order valence-electron chi connectivity index (χ0n) is 20.2. The van der Waals surface area contributed by atoms with E-state index in [1.165, 1.54) is 22.7 Å². The minimum atomic E-state index is -0.688. The van der Waals surface area contributed by atoms with Gasteiger partial charge in [-0.05, 0) is 47.9 Å². The van der Waals surface area contributed by atoms with Gasteiger partial charge >= 0.3 is 0 Å². The number of para-hydroxylation sites is 1. The summed E-state index contributed by atoms with van der Waals surface area (Å²) in [6.45, 7) is 0.388. The Balaban J connectivity index is 1.26. The van der Waals surface area contributed by atoms with E-state index < -0.39 is 6.04 Å². The largest absolute Gasteiger partial charge is 0.497 e. The molecule has 2 aliphatic heterocycles. The number of halogens is 1. The van der Waals surface area contributed by atoms with Gasteiger partial charge in [0, 0.05) is 24.3 Å². The average molecular weight is 517 g/mol. The molecule has 2 amide bonds. The summed E-state index contributed by atoms with van der Waals surface area (Å²) in [4.78, 5) is 36.8. The van der Waals surface area contributed by atoms with Crippen LogP contribution in [0.2, 0.25) is 0 Å². The Hall–Kier alpha value is -3.98. The second-order valence-electron chi connectivity index (χ2n) is 8.60. The highest BCUT2D eigenvalue weighted by atomic mass is 32.2. The van der Waals surface area contributed by atoms with E-state index in [4.69, 9.17) is 9.73 Å². The monoisotopic (exact) mass is 516 g/mol. The summed E-state index contributed by atoms with van der Waals surface area (Å²) in [5, 5.41) is 3.35. The van der Waals surface area contributed by atoms with Gasteiger partial charge in [0.1, 0.15) is 23.4 Å². The molecule has 3 aromatic carbocycles. The number of rotatable bonds is 8. The molecule has 0 fully saturated rings. The smallest absolute Gasteiger partial charge is 0.259 e. The van der Waals surface area contributed by atoms with Crippen LogP contribution in [0.4, 0.5) is 10.1 Å². The van der Waals surface area contributed by atoms with Gasteiger partial charge in [-0.3, -0.25) is 14.6 Å². The summed E-state index contributed by atoms with van der Waals surface area (Å²) in [6.07, 6.45) is 0.439. The van der Waals surface area contributed by atoms with Gasteiger partial charge in [-0.25, -0.2) is 14.3 Å². The van der Waals surface area contributed by atoms with Crippen molar-refractivity contribution in [3.05, 3.63) is 95.3 Å². The summed E-state index contributed by atoms with van der Waals surface area (Å²) >= 11 is 1.29. The molecule has 0 aromatic heterocycles. The van der Waals surface area contributed by atoms with Crippen molar-refractivity contribution in [3.63, 3.8) is 0 Å². The molecule has 0 unspecified atom stereocenters. The van der Waals surface area contributed by atoms with Crippen LogP contribution in [-0.2, 0) is 21.9 Å². The summed E-state index contributed by atoms with van der Waals surface area (Å²) < 4.78 is 19.3. The Morgan fingerprint density at radius 1 is 1.08 bits per heavy atom. The summed E-state index contributed by atoms with van der Waals surface area (Å²) in [6, 6.07) is 20.8. The number of methoxy groups -OCH3 is 1. The number of hydrogen-bond acceptors (Lipinski definition) is 6. The molecule has 9 heteroatoms. The van der Waals surface area contributed by atoms with E-state index in [9.17, 15) is 14.0 Å². The third-order valence-electron chi connectivity index (χ3n) is 6.16. The molecule has 0 spiro atoms. The number of carbonyl (C=O) groups is 2. The SMILES string of the molecule is COc1ccc(CNC(=O)CC[C@@H]2N=C3c4ccccc4N=C(SCc4ccccc4F)N3C2=O)cc1. The number of carbonyl (C=O) groups excluding carboxylic acids is 2. The second-order valence-corrected chi connectivity index (χ2v) is 9.54. The Kier molecular flexibility index (Phi) is 7.32. The zero-order valence-corrected chi connectivity index (χ0v) is 21.0. The lowest BCUT2D eigenvalue weighted by Crippen LogP contribution is -2.41. The Bertz CT molecular complexity index is 1390. The highest BCUT2D eigenvalue weighted by Crippen LogP contribution is 2.35. The maximum absolute atomic E-state index is 14.2. The first kappa shape index (κ1) is 24.7. The minimum Gasteiger partial charge on any atom is -0.497 e. The molecular formula is C28H25FN4O3S. The first-order valence-corrected chi connectivity index (χ1v) is 12.9. The Morgan fingerprint density at radius 3 is 2.62 bits per heavy atom. The molecule has 3 aromatic rings. The van der Waals surface area contributed by atoms with Gasteiger partial charge in [-0.15, -0.1) is 0 Å². The molecule has 188 valence electrons. The molecule has 1 atom stereocenters. The fourth-order valence-electron chi connectivity index (χ4n) is 4.14. The molecule has 0 radical (unpaired) electrons. The number of amides is 2. The minimum absolute atomic E-state index is 0.156. The van der Waals surface area contributed by atoms with Crippen LogP contribution in [0.5, 0.6) is 5.75 Å². The molecular weight excluding hydrogens is 491 g/mol. The molecule has 7 nitrogen and oxygen atoms in total. The van der Waals surface area contributed by atoms with E-state index in [0.717, 1.165) is 16.9 Å². The predicted molar refractivity (Wildman–Crippen MR) is 142 cm³/mol. The predicted octanol–water partition coefficient (Wildman–Crippen LogP) is 4.82. The van der Waals surface area contributed by atoms with Crippen molar-refractivity contribution in [2.24, 2.45) is 9.98 Å². The third kappa shape index (κ3) is 5.41. The molecule has 0 saturated carbocycles.